The molecule has 0 spiro atoms. The number of amides is 2. The third-order valence-electron chi connectivity index (χ3n) is 3.58. The van der Waals surface area contributed by atoms with Crippen LogP contribution in [-0.2, 0) is 6.18 Å². The van der Waals surface area contributed by atoms with Crippen molar-refractivity contribution in [1.29, 1.82) is 0 Å². The topological polar surface area (TPSA) is 81.3 Å². The summed E-state index contributed by atoms with van der Waals surface area (Å²) in [6.07, 6.45) is -3.01. The number of aromatic nitrogens is 2. The normalized spacial score (nSPS) is 11.3. The molecule has 0 fully saturated rings. The summed E-state index contributed by atoms with van der Waals surface area (Å²) in [4.78, 5) is 21.2. The van der Waals surface area contributed by atoms with Gasteiger partial charge in [0.25, 0.3) is 0 Å². The molecule has 27 heavy (non-hydrogen) atoms. The van der Waals surface area contributed by atoms with Crippen molar-refractivity contribution in [3.05, 3.63) is 53.5 Å². The maximum atomic E-state index is 13.0. The Balaban J connectivity index is 2.00. The molecule has 0 aliphatic heterocycles. The number of nitrogens with zero attached hydrogens (tertiary/aromatic N) is 3. The summed E-state index contributed by atoms with van der Waals surface area (Å²) in [5.74, 6) is 0.381. The Labute approximate surface area is 156 Å². The number of urea groups is 1. The number of alkyl halides is 3. The molecule has 0 aliphatic carbocycles. The zero-order valence-electron chi connectivity index (χ0n) is 13.9. The van der Waals surface area contributed by atoms with Gasteiger partial charge in [-0.15, -0.1) is 11.3 Å². The highest BCUT2D eigenvalue weighted by Gasteiger charge is 2.31. The Morgan fingerprint density at radius 2 is 2.04 bits per heavy atom. The van der Waals surface area contributed by atoms with Crippen molar-refractivity contribution in [1.82, 2.24) is 9.97 Å². The van der Waals surface area contributed by atoms with Crippen molar-refractivity contribution in [2.24, 2.45) is 5.73 Å². The molecule has 2 amide bonds. The first-order valence-electron chi connectivity index (χ1n) is 7.52. The molecule has 2 heterocycles. The fourth-order valence-corrected chi connectivity index (χ4v) is 3.19. The number of pyridine rings is 1. The van der Waals surface area contributed by atoms with Gasteiger partial charge < -0.3 is 10.5 Å². The van der Waals surface area contributed by atoms with Crippen LogP contribution in [0.2, 0.25) is 0 Å². The first-order valence-corrected chi connectivity index (χ1v) is 8.40. The molecule has 1 aromatic carbocycles. The Morgan fingerprint density at radius 1 is 1.26 bits per heavy atom. The van der Waals surface area contributed by atoms with Gasteiger partial charge in [-0.1, -0.05) is 6.07 Å². The van der Waals surface area contributed by atoms with E-state index in [1.165, 1.54) is 25.4 Å². The van der Waals surface area contributed by atoms with Crippen LogP contribution in [0.4, 0.5) is 28.8 Å². The zero-order chi connectivity index (χ0) is 19.6. The number of hydrogen-bond donors (Lipinski definition) is 1. The van der Waals surface area contributed by atoms with Crippen LogP contribution in [0.25, 0.3) is 11.3 Å². The van der Waals surface area contributed by atoms with Gasteiger partial charge in [-0.05, 0) is 24.3 Å². The SMILES string of the molecule is COc1cc(-c2csc(N(C(N)=O)c3cccc(C(F)(F)F)c3)n2)ccn1. The molecule has 0 unspecified atom stereocenters. The first kappa shape index (κ1) is 18.6. The fraction of sp³-hybridized carbons (Fsp3) is 0.118. The van der Waals surface area contributed by atoms with Gasteiger partial charge in [0.15, 0.2) is 5.13 Å². The Bertz CT molecular complexity index is 975. The van der Waals surface area contributed by atoms with E-state index in [2.05, 4.69) is 9.97 Å². The van der Waals surface area contributed by atoms with Crippen molar-refractivity contribution in [3.8, 4) is 17.1 Å². The van der Waals surface area contributed by atoms with Crippen molar-refractivity contribution < 1.29 is 22.7 Å². The number of anilines is 2. The molecule has 3 aromatic rings. The van der Waals surface area contributed by atoms with E-state index in [-0.39, 0.29) is 10.8 Å². The van der Waals surface area contributed by atoms with Crippen LogP contribution in [0.1, 0.15) is 5.56 Å². The number of hydrogen-bond acceptors (Lipinski definition) is 5. The van der Waals surface area contributed by atoms with Crippen LogP contribution in [0, 0.1) is 0 Å². The number of carbonyl (C=O) groups excluding carboxylic acids is 1. The van der Waals surface area contributed by atoms with Crippen molar-refractivity contribution in [3.63, 3.8) is 0 Å². The van der Waals surface area contributed by atoms with Crippen LogP contribution >= 0.6 is 11.3 Å². The van der Waals surface area contributed by atoms with Crippen LogP contribution in [0.15, 0.2) is 48.0 Å². The molecule has 0 bridgehead atoms. The van der Waals surface area contributed by atoms with Gasteiger partial charge in [-0.3, -0.25) is 0 Å². The Kier molecular flexibility index (Phi) is 5.00. The van der Waals surface area contributed by atoms with E-state index < -0.39 is 17.8 Å². The number of carbonyl (C=O) groups is 1. The largest absolute Gasteiger partial charge is 0.481 e. The average Bonchev–Trinajstić information content (AvgIpc) is 3.11. The standard InChI is InChI=1S/C17H13F3N4O2S/c1-26-14-7-10(5-6-22-14)13-9-27-16(23-13)24(15(21)25)12-4-2-3-11(8-12)17(18,19)20/h2-9H,1H3,(H2,21,25). The van der Waals surface area contributed by atoms with Crippen LogP contribution < -0.4 is 15.4 Å². The minimum atomic E-state index is -4.54. The molecule has 0 radical (unpaired) electrons. The van der Waals surface area contributed by atoms with Gasteiger partial charge in [0.1, 0.15) is 0 Å². The second-order valence-electron chi connectivity index (χ2n) is 5.32. The third kappa shape index (κ3) is 4.00. The Morgan fingerprint density at radius 3 is 2.70 bits per heavy atom. The summed E-state index contributed by atoms with van der Waals surface area (Å²) in [6, 6.07) is 6.73. The van der Waals surface area contributed by atoms with Gasteiger partial charge in [0, 0.05) is 23.2 Å². The minimum Gasteiger partial charge on any atom is -0.481 e. The van der Waals surface area contributed by atoms with Gasteiger partial charge in [-0.25, -0.2) is 19.7 Å². The molecule has 0 atom stereocenters. The maximum Gasteiger partial charge on any atom is 0.416 e. The van der Waals surface area contributed by atoms with E-state index in [1.807, 2.05) is 0 Å². The summed E-state index contributed by atoms with van der Waals surface area (Å²) in [5, 5.41) is 1.81. The maximum absolute atomic E-state index is 13.0. The van der Waals surface area contributed by atoms with E-state index in [1.54, 1.807) is 17.5 Å². The minimum absolute atomic E-state index is 0.0227. The van der Waals surface area contributed by atoms with E-state index in [9.17, 15) is 18.0 Å². The Hall–Kier alpha value is -3.14. The highest BCUT2D eigenvalue weighted by Crippen LogP contribution is 2.36. The number of halogens is 3. The number of benzene rings is 1. The van der Waals surface area contributed by atoms with E-state index in [0.29, 0.717) is 17.1 Å². The molecule has 140 valence electrons. The van der Waals surface area contributed by atoms with E-state index in [4.69, 9.17) is 10.5 Å². The summed E-state index contributed by atoms with van der Waals surface area (Å²) in [7, 11) is 1.47. The van der Waals surface area contributed by atoms with Gasteiger partial charge in [0.2, 0.25) is 5.88 Å². The number of primary amides is 1. The number of thiazole rings is 1. The molecule has 2 aromatic heterocycles. The van der Waals surface area contributed by atoms with Crippen LogP contribution in [-0.4, -0.2) is 23.1 Å². The van der Waals surface area contributed by atoms with Crippen molar-refractivity contribution in [2.45, 2.75) is 6.18 Å². The lowest BCUT2D eigenvalue weighted by Gasteiger charge is -2.18. The highest BCUT2D eigenvalue weighted by molar-refractivity contribution is 7.14. The second kappa shape index (κ2) is 7.23. The van der Waals surface area contributed by atoms with Gasteiger partial charge in [-0.2, -0.15) is 13.2 Å². The molecule has 0 saturated heterocycles. The number of methoxy groups -OCH3 is 1. The van der Waals surface area contributed by atoms with Crippen molar-refractivity contribution in [2.75, 3.05) is 12.0 Å². The highest BCUT2D eigenvalue weighted by atomic mass is 32.1. The lowest BCUT2D eigenvalue weighted by molar-refractivity contribution is -0.137. The molecule has 10 heteroatoms. The molecule has 6 nitrogen and oxygen atoms in total. The van der Waals surface area contributed by atoms with Crippen molar-refractivity contribution >= 4 is 28.2 Å². The summed E-state index contributed by atoms with van der Waals surface area (Å²) in [5.41, 5.74) is 5.67. The molecule has 0 saturated carbocycles. The molecule has 0 aliphatic rings. The smallest absolute Gasteiger partial charge is 0.416 e. The molecular weight excluding hydrogens is 381 g/mol. The average molecular weight is 394 g/mol. The monoisotopic (exact) mass is 394 g/mol. The second-order valence-corrected chi connectivity index (χ2v) is 6.16. The first-order chi connectivity index (χ1) is 12.8. The summed E-state index contributed by atoms with van der Waals surface area (Å²) < 4.78 is 44.0. The lowest BCUT2D eigenvalue weighted by Crippen LogP contribution is -2.31. The lowest BCUT2D eigenvalue weighted by atomic mass is 10.2. The van der Waals surface area contributed by atoms with Crippen LogP contribution in [0.3, 0.4) is 0 Å². The van der Waals surface area contributed by atoms with E-state index >= 15 is 0 Å². The van der Waals surface area contributed by atoms with Crippen LogP contribution in [0.5, 0.6) is 5.88 Å². The number of nitrogens with two attached hydrogens (primary N) is 1. The fourth-order valence-electron chi connectivity index (χ4n) is 2.33. The van der Waals surface area contributed by atoms with Gasteiger partial charge >= 0.3 is 12.2 Å². The molecular formula is C17H13F3N4O2S. The summed E-state index contributed by atoms with van der Waals surface area (Å²) >= 11 is 1.07. The number of ether oxygens (including phenoxy) is 1. The predicted octanol–water partition coefficient (Wildman–Crippen LogP) is 4.45. The van der Waals surface area contributed by atoms with E-state index in [0.717, 1.165) is 28.4 Å². The molecule has 2 N–H and O–H groups in total. The predicted molar refractivity (Wildman–Crippen MR) is 95.1 cm³/mol. The van der Waals surface area contributed by atoms with Gasteiger partial charge in [0.05, 0.1) is 24.1 Å². The zero-order valence-corrected chi connectivity index (χ0v) is 14.7. The summed E-state index contributed by atoms with van der Waals surface area (Å²) in [6.45, 7) is 0. The quantitative estimate of drug-likeness (QED) is 0.709. The number of rotatable bonds is 4. The third-order valence-corrected chi connectivity index (χ3v) is 4.40. The molecule has 3 rings (SSSR count).